The number of hydrogen-bond donors (Lipinski definition) is 1. The van der Waals surface area contributed by atoms with Crippen LogP contribution in [0.4, 0.5) is 0 Å². The molecule has 1 atom stereocenters. The van der Waals surface area contributed by atoms with Crippen LogP contribution in [-0.4, -0.2) is 23.4 Å². The number of carbonyl (C=O) groups is 2. The molecule has 1 N–H and O–H groups in total. The lowest BCUT2D eigenvalue weighted by Gasteiger charge is -2.08. The summed E-state index contributed by atoms with van der Waals surface area (Å²) in [5.74, 6) is -2.04. The van der Waals surface area contributed by atoms with E-state index >= 15 is 0 Å². The highest BCUT2D eigenvalue weighted by Crippen LogP contribution is 2.38. The van der Waals surface area contributed by atoms with E-state index in [2.05, 4.69) is 10.5 Å². The van der Waals surface area contributed by atoms with E-state index in [1.165, 1.54) is 0 Å². The van der Waals surface area contributed by atoms with E-state index in [0.717, 1.165) is 24.0 Å². The normalized spacial score (nSPS) is 12.8. The van der Waals surface area contributed by atoms with E-state index in [-0.39, 0.29) is 5.69 Å². The first-order valence-corrected chi connectivity index (χ1v) is 7.95. The van der Waals surface area contributed by atoms with Crippen molar-refractivity contribution in [1.29, 1.82) is 5.26 Å². The molecule has 0 radical (unpaired) electrons. The summed E-state index contributed by atoms with van der Waals surface area (Å²) in [4.78, 5) is 24.7. The molecule has 6 nitrogen and oxygen atoms in total. The van der Waals surface area contributed by atoms with E-state index in [1.807, 2.05) is 31.2 Å². The largest absolute Gasteiger partial charge is 0.355 e. The Labute approximate surface area is 139 Å². The van der Waals surface area contributed by atoms with E-state index in [4.69, 9.17) is 4.52 Å². The van der Waals surface area contributed by atoms with Gasteiger partial charge in [0.2, 0.25) is 11.7 Å². The Morgan fingerprint density at radius 3 is 2.96 bits per heavy atom. The van der Waals surface area contributed by atoms with Gasteiger partial charge in [0, 0.05) is 24.1 Å². The molecule has 1 unspecified atom stereocenters. The molecular weight excluding hydrogens is 306 g/mol. The standard InChI is InChI=1S/C18H17N3O3/c1-2-3-8-20-18(23)14(10-19)16(22)15-13-9-11-6-4-5-7-12(11)17(13)24-21-15/h4-7,14H,2-3,8-9H2,1H3,(H,20,23). The molecule has 0 saturated carbocycles. The summed E-state index contributed by atoms with van der Waals surface area (Å²) in [7, 11) is 0. The number of fused-ring (bicyclic) bond motifs is 3. The van der Waals surface area contributed by atoms with Crippen molar-refractivity contribution < 1.29 is 14.1 Å². The molecule has 24 heavy (non-hydrogen) atoms. The van der Waals surface area contributed by atoms with Gasteiger partial charge in [-0.3, -0.25) is 9.59 Å². The molecule has 6 heteroatoms. The first kappa shape index (κ1) is 15.9. The first-order chi connectivity index (χ1) is 11.7. The summed E-state index contributed by atoms with van der Waals surface area (Å²) in [5, 5.41) is 15.7. The van der Waals surface area contributed by atoms with Crippen LogP contribution in [-0.2, 0) is 11.2 Å². The number of unbranched alkanes of at least 4 members (excludes halogenated alkanes) is 1. The number of nitrogens with zero attached hydrogens (tertiary/aromatic N) is 2. The summed E-state index contributed by atoms with van der Waals surface area (Å²) >= 11 is 0. The smallest absolute Gasteiger partial charge is 0.245 e. The number of ketones is 1. The predicted octanol–water partition coefficient (Wildman–Crippen LogP) is 2.48. The zero-order valence-corrected chi connectivity index (χ0v) is 13.3. The number of carbonyl (C=O) groups excluding carboxylic acids is 2. The number of Topliss-reactive ketones (excluding diaryl/α,β-unsaturated/α-hetero) is 1. The van der Waals surface area contributed by atoms with Crippen molar-refractivity contribution in [2.75, 3.05) is 6.54 Å². The number of hydrogen-bond acceptors (Lipinski definition) is 5. The highest BCUT2D eigenvalue weighted by Gasteiger charge is 2.35. The van der Waals surface area contributed by atoms with Crippen LogP contribution in [0.2, 0.25) is 0 Å². The first-order valence-electron chi connectivity index (χ1n) is 7.95. The van der Waals surface area contributed by atoms with Gasteiger partial charge in [-0.25, -0.2) is 0 Å². The Morgan fingerprint density at radius 1 is 1.42 bits per heavy atom. The molecule has 0 fully saturated rings. The van der Waals surface area contributed by atoms with Crippen LogP contribution >= 0.6 is 0 Å². The number of nitrogens with one attached hydrogen (secondary N) is 1. The third-order valence-corrected chi connectivity index (χ3v) is 4.13. The summed E-state index contributed by atoms with van der Waals surface area (Å²) in [5.41, 5.74) is 2.68. The molecule has 3 rings (SSSR count). The lowest BCUT2D eigenvalue weighted by Crippen LogP contribution is -2.35. The Balaban J connectivity index is 1.83. The Morgan fingerprint density at radius 2 is 2.21 bits per heavy atom. The van der Waals surface area contributed by atoms with Gasteiger partial charge in [0.25, 0.3) is 0 Å². The SMILES string of the molecule is CCCCNC(=O)C(C#N)C(=O)c1noc2c1Cc1ccccc1-2. The van der Waals surface area contributed by atoms with Crippen LogP contribution in [0.1, 0.15) is 41.4 Å². The van der Waals surface area contributed by atoms with Crippen molar-refractivity contribution >= 4 is 11.7 Å². The number of benzene rings is 1. The van der Waals surface area contributed by atoms with Crippen LogP contribution in [0, 0.1) is 17.2 Å². The topological polar surface area (TPSA) is 96.0 Å². The lowest BCUT2D eigenvalue weighted by molar-refractivity contribution is -0.122. The molecule has 1 amide bonds. The molecule has 0 spiro atoms. The second-order valence-electron chi connectivity index (χ2n) is 5.74. The van der Waals surface area contributed by atoms with Gasteiger partial charge in [-0.05, 0) is 12.0 Å². The maximum atomic E-state index is 12.6. The molecule has 1 aromatic heterocycles. The summed E-state index contributed by atoms with van der Waals surface area (Å²) in [6, 6.07) is 9.45. The van der Waals surface area contributed by atoms with E-state index in [9.17, 15) is 14.9 Å². The van der Waals surface area contributed by atoms with Crippen LogP contribution in [0.5, 0.6) is 0 Å². The van der Waals surface area contributed by atoms with E-state index in [1.54, 1.807) is 6.07 Å². The summed E-state index contributed by atoms with van der Waals surface area (Å²) < 4.78 is 5.32. The highest BCUT2D eigenvalue weighted by molar-refractivity contribution is 6.12. The average Bonchev–Trinajstić information content (AvgIpc) is 3.14. The maximum Gasteiger partial charge on any atom is 0.245 e. The molecule has 0 aliphatic heterocycles. The minimum atomic E-state index is -1.40. The van der Waals surface area contributed by atoms with Crippen molar-refractivity contribution in [1.82, 2.24) is 10.5 Å². The number of amides is 1. The third-order valence-electron chi connectivity index (χ3n) is 4.13. The maximum absolute atomic E-state index is 12.6. The van der Waals surface area contributed by atoms with Crippen LogP contribution < -0.4 is 5.32 Å². The lowest BCUT2D eigenvalue weighted by atomic mass is 9.98. The van der Waals surface area contributed by atoms with Crippen LogP contribution in [0.3, 0.4) is 0 Å². The van der Waals surface area contributed by atoms with Crippen LogP contribution in [0.15, 0.2) is 28.8 Å². The molecule has 0 bridgehead atoms. The molecule has 0 saturated heterocycles. The van der Waals surface area contributed by atoms with Gasteiger partial charge in [-0.1, -0.05) is 42.8 Å². The van der Waals surface area contributed by atoms with Gasteiger partial charge in [0.05, 0.1) is 6.07 Å². The van der Waals surface area contributed by atoms with Gasteiger partial charge in [-0.2, -0.15) is 5.26 Å². The summed E-state index contributed by atoms with van der Waals surface area (Å²) in [6.07, 6.45) is 2.24. The van der Waals surface area contributed by atoms with Gasteiger partial charge in [0.1, 0.15) is 0 Å². The molecule has 1 heterocycles. The summed E-state index contributed by atoms with van der Waals surface area (Å²) in [6.45, 7) is 2.44. The Kier molecular flexibility index (Phi) is 4.43. The zero-order chi connectivity index (χ0) is 17.1. The molecule has 1 aliphatic rings. The van der Waals surface area contributed by atoms with Gasteiger partial charge in [0.15, 0.2) is 17.4 Å². The third kappa shape index (κ3) is 2.69. The fourth-order valence-electron chi connectivity index (χ4n) is 2.83. The second kappa shape index (κ2) is 6.67. The monoisotopic (exact) mass is 323 g/mol. The Hall–Kier alpha value is -2.94. The van der Waals surface area contributed by atoms with Gasteiger partial charge < -0.3 is 9.84 Å². The fourth-order valence-corrected chi connectivity index (χ4v) is 2.83. The van der Waals surface area contributed by atoms with Crippen molar-refractivity contribution in [3.05, 3.63) is 41.1 Å². The van der Waals surface area contributed by atoms with Gasteiger partial charge >= 0.3 is 0 Å². The Bertz CT molecular complexity index is 832. The quantitative estimate of drug-likeness (QED) is 0.427. The highest BCUT2D eigenvalue weighted by atomic mass is 16.5. The van der Waals surface area contributed by atoms with Crippen molar-refractivity contribution in [3.8, 4) is 17.4 Å². The van der Waals surface area contributed by atoms with Crippen molar-refractivity contribution in [2.24, 2.45) is 5.92 Å². The fraction of sp³-hybridized carbons (Fsp3) is 0.333. The predicted molar refractivity (Wildman–Crippen MR) is 86.1 cm³/mol. The number of nitriles is 1. The van der Waals surface area contributed by atoms with Gasteiger partial charge in [-0.15, -0.1) is 0 Å². The second-order valence-corrected chi connectivity index (χ2v) is 5.74. The number of rotatable bonds is 6. The molecule has 2 aromatic rings. The van der Waals surface area contributed by atoms with E-state index in [0.29, 0.717) is 24.3 Å². The molecule has 1 aromatic carbocycles. The zero-order valence-electron chi connectivity index (χ0n) is 13.3. The molecule has 122 valence electrons. The van der Waals surface area contributed by atoms with Crippen molar-refractivity contribution in [3.63, 3.8) is 0 Å². The van der Waals surface area contributed by atoms with E-state index < -0.39 is 17.6 Å². The van der Waals surface area contributed by atoms with Crippen molar-refractivity contribution in [2.45, 2.75) is 26.2 Å². The molecular formula is C18H17N3O3. The minimum absolute atomic E-state index is 0.0818. The number of aromatic nitrogens is 1. The minimum Gasteiger partial charge on any atom is -0.355 e. The van der Waals surface area contributed by atoms with Crippen LogP contribution in [0.25, 0.3) is 11.3 Å². The average molecular weight is 323 g/mol. The molecule has 1 aliphatic carbocycles.